The molecule has 1 atom stereocenters. The van der Waals surface area contributed by atoms with Crippen LogP contribution in [0.4, 0.5) is 13.6 Å². The van der Waals surface area contributed by atoms with E-state index in [2.05, 4.69) is 25.9 Å². The van der Waals surface area contributed by atoms with Crippen LogP contribution in [0.1, 0.15) is 24.0 Å². The highest BCUT2D eigenvalue weighted by molar-refractivity contribution is 6.39. The van der Waals surface area contributed by atoms with Gasteiger partial charge in [0, 0.05) is 65.8 Å². The van der Waals surface area contributed by atoms with Crippen molar-refractivity contribution in [3.63, 3.8) is 0 Å². The molecule has 5 aromatic rings. The number of ether oxygens (including phenoxy) is 2. The Hall–Kier alpha value is -5.11. The third kappa shape index (κ3) is 8.11. The summed E-state index contributed by atoms with van der Waals surface area (Å²) in [7, 11) is 1.47. The lowest BCUT2D eigenvalue weighted by molar-refractivity contribution is -0.119. The first-order chi connectivity index (χ1) is 24.6. The molecule has 0 bridgehead atoms. The third-order valence-corrected chi connectivity index (χ3v) is 9.15. The highest BCUT2D eigenvalue weighted by Crippen LogP contribution is 2.42. The number of hydrogen-bond donors (Lipinski definition) is 3. The summed E-state index contributed by atoms with van der Waals surface area (Å²) >= 11 is 14.0. The van der Waals surface area contributed by atoms with Gasteiger partial charge in [-0.3, -0.25) is 14.0 Å². The molecule has 3 aromatic heterocycles. The van der Waals surface area contributed by atoms with Crippen LogP contribution in [-0.2, 0) is 22.7 Å². The molecule has 264 valence electrons. The van der Waals surface area contributed by atoms with Gasteiger partial charge in [0.05, 0.1) is 35.0 Å². The fourth-order valence-corrected chi connectivity index (χ4v) is 6.42. The van der Waals surface area contributed by atoms with Crippen molar-refractivity contribution in [3.8, 4) is 39.4 Å². The van der Waals surface area contributed by atoms with Gasteiger partial charge < -0.3 is 25.4 Å². The Bertz CT molecular complexity index is 2170. The zero-order valence-corrected chi connectivity index (χ0v) is 28.7. The van der Waals surface area contributed by atoms with Gasteiger partial charge >= 0.3 is 6.09 Å². The minimum atomic E-state index is -2.53. The first-order valence-corrected chi connectivity index (χ1v) is 16.7. The Morgan fingerprint density at radius 1 is 1.02 bits per heavy atom. The number of carbonyl (C=O) groups is 2. The molecule has 2 amide bonds. The summed E-state index contributed by atoms with van der Waals surface area (Å²) in [5.41, 5.74) is 4.64. The SMILES string of the molecule is COc1nc(-c2cccc(-c3cccc(-c4ccn5c(=O)c(CNCC(F)F)cnc5c4)c3Cl)c2Cl)ccc1COC(=O)NC[C@@H]1CCC(=O)N1. The molecule has 1 saturated heterocycles. The maximum atomic E-state index is 12.9. The fourth-order valence-electron chi connectivity index (χ4n) is 5.76. The average molecular weight is 738 g/mol. The van der Waals surface area contributed by atoms with Crippen molar-refractivity contribution in [1.29, 1.82) is 0 Å². The average Bonchev–Trinajstić information content (AvgIpc) is 3.55. The van der Waals surface area contributed by atoms with Gasteiger partial charge in [0.1, 0.15) is 12.3 Å². The van der Waals surface area contributed by atoms with E-state index in [-0.39, 0.29) is 48.6 Å². The Balaban J connectivity index is 1.21. The number of alkyl carbamates (subject to hydrolysis) is 1. The number of benzene rings is 2. The van der Waals surface area contributed by atoms with E-state index in [1.165, 1.54) is 17.7 Å². The van der Waals surface area contributed by atoms with Crippen LogP contribution in [0.3, 0.4) is 0 Å². The van der Waals surface area contributed by atoms with Crippen LogP contribution < -0.4 is 26.2 Å². The number of nitrogens with one attached hydrogen (secondary N) is 3. The van der Waals surface area contributed by atoms with Gasteiger partial charge in [-0.15, -0.1) is 0 Å². The van der Waals surface area contributed by atoms with Crippen LogP contribution in [0, 0.1) is 0 Å². The lowest BCUT2D eigenvalue weighted by atomic mass is 9.97. The number of alkyl halides is 2. The Kier molecular flexibility index (Phi) is 11.1. The molecule has 2 aromatic carbocycles. The van der Waals surface area contributed by atoms with Crippen LogP contribution in [-0.4, -0.2) is 59.0 Å². The van der Waals surface area contributed by atoms with E-state index >= 15 is 0 Å². The van der Waals surface area contributed by atoms with E-state index in [9.17, 15) is 23.2 Å². The second kappa shape index (κ2) is 15.8. The summed E-state index contributed by atoms with van der Waals surface area (Å²) < 4.78 is 37.3. The van der Waals surface area contributed by atoms with Gasteiger partial charge in [0.2, 0.25) is 11.8 Å². The first-order valence-electron chi connectivity index (χ1n) is 15.9. The van der Waals surface area contributed by atoms with Gasteiger partial charge in [-0.05, 0) is 36.2 Å². The zero-order valence-electron chi connectivity index (χ0n) is 27.2. The Morgan fingerprint density at radius 2 is 1.75 bits per heavy atom. The van der Waals surface area contributed by atoms with Crippen LogP contribution >= 0.6 is 23.2 Å². The molecule has 1 aliphatic rings. The summed E-state index contributed by atoms with van der Waals surface area (Å²) in [6, 6.07) is 17.9. The van der Waals surface area contributed by atoms with Crippen molar-refractivity contribution in [2.75, 3.05) is 20.2 Å². The molecule has 51 heavy (non-hydrogen) atoms. The van der Waals surface area contributed by atoms with Crippen molar-refractivity contribution < 1.29 is 27.8 Å². The number of nitrogens with zero attached hydrogens (tertiary/aromatic N) is 3. The lowest BCUT2D eigenvalue weighted by Crippen LogP contribution is -2.38. The molecule has 1 fully saturated rings. The van der Waals surface area contributed by atoms with Crippen molar-refractivity contribution >= 4 is 40.8 Å². The number of pyridine rings is 2. The number of halogens is 4. The monoisotopic (exact) mass is 736 g/mol. The van der Waals surface area contributed by atoms with Crippen molar-refractivity contribution in [2.45, 2.75) is 38.5 Å². The number of amides is 2. The molecule has 0 spiro atoms. The normalized spacial score (nSPS) is 14.2. The zero-order chi connectivity index (χ0) is 36.1. The van der Waals surface area contributed by atoms with E-state index in [0.717, 1.165) is 0 Å². The van der Waals surface area contributed by atoms with Crippen molar-refractivity contribution in [1.82, 2.24) is 30.3 Å². The van der Waals surface area contributed by atoms with Gasteiger partial charge in [-0.2, -0.15) is 0 Å². The third-order valence-electron chi connectivity index (χ3n) is 8.34. The van der Waals surface area contributed by atoms with Crippen LogP contribution in [0.2, 0.25) is 10.0 Å². The van der Waals surface area contributed by atoms with E-state index in [1.807, 2.05) is 36.4 Å². The lowest BCUT2D eigenvalue weighted by Gasteiger charge is -2.15. The number of rotatable bonds is 12. The second-order valence-corrected chi connectivity index (χ2v) is 12.5. The van der Waals surface area contributed by atoms with Gasteiger partial charge in [0.15, 0.2) is 0 Å². The Morgan fingerprint density at radius 3 is 2.45 bits per heavy atom. The Labute approximate surface area is 300 Å². The van der Waals surface area contributed by atoms with Gasteiger partial charge in [-0.1, -0.05) is 59.6 Å². The highest BCUT2D eigenvalue weighted by Gasteiger charge is 2.22. The first kappa shape index (κ1) is 35.7. The summed E-state index contributed by atoms with van der Waals surface area (Å²) in [5.74, 6) is 0.219. The van der Waals surface area contributed by atoms with E-state index in [4.69, 9.17) is 32.7 Å². The molecule has 0 unspecified atom stereocenters. The van der Waals surface area contributed by atoms with Gasteiger partial charge in [0.25, 0.3) is 12.0 Å². The van der Waals surface area contributed by atoms with Crippen molar-refractivity contribution in [2.24, 2.45) is 0 Å². The maximum absolute atomic E-state index is 12.9. The maximum Gasteiger partial charge on any atom is 0.407 e. The number of hydrogen-bond acceptors (Lipinski definition) is 8. The predicted molar refractivity (Wildman–Crippen MR) is 189 cm³/mol. The predicted octanol–water partition coefficient (Wildman–Crippen LogP) is 6.27. The molecular formula is C36H32Cl2F2N6O5. The summed E-state index contributed by atoms with van der Waals surface area (Å²) in [5, 5.41) is 8.81. The molecule has 0 radical (unpaired) electrons. The largest absolute Gasteiger partial charge is 0.481 e. The van der Waals surface area contributed by atoms with E-state index in [0.29, 0.717) is 67.6 Å². The second-order valence-electron chi connectivity index (χ2n) is 11.7. The molecule has 6 rings (SSSR count). The minimum absolute atomic E-state index is 0.0295. The standard InChI is InChI=1S/C36H32Cl2F2N6O5/c1-50-34-21(19-51-36(49)43-17-23-9-11-31(47)44-23)8-10-28(45-34)27-7-3-6-26(33(27)38)25-5-2-4-24(32(25)37)20-12-13-46-30(14-20)42-16-22(35(46)48)15-41-18-29(39)40/h2-8,10,12-14,16,23,29,41H,9,11,15,17-19H2,1H3,(H,43,49)(H,44,47)/t23-/m0/s1. The van der Waals surface area contributed by atoms with Crippen LogP contribution in [0.25, 0.3) is 39.2 Å². The summed E-state index contributed by atoms with van der Waals surface area (Å²) in [4.78, 5) is 45.6. The molecule has 4 heterocycles. The summed E-state index contributed by atoms with van der Waals surface area (Å²) in [6.45, 7) is -0.371. The quantitative estimate of drug-likeness (QED) is 0.137. The van der Waals surface area contributed by atoms with E-state index in [1.54, 1.807) is 30.5 Å². The van der Waals surface area contributed by atoms with E-state index < -0.39 is 19.1 Å². The number of methoxy groups -OCH3 is 1. The molecule has 0 aliphatic carbocycles. The topological polar surface area (TPSA) is 136 Å². The number of aromatic nitrogens is 3. The summed E-state index contributed by atoms with van der Waals surface area (Å²) in [6.07, 6.45) is 0.893. The molecule has 1 aliphatic heterocycles. The van der Waals surface area contributed by atoms with Crippen LogP contribution in [0.5, 0.6) is 5.88 Å². The van der Waals surface area contributed by atoms with Gasteiger partial charge in [-0.25, -0.2) is 23.5 Å². The highest BCUT2D eigenvalue weighted by atomic mass is 35.5. The number of fused-ring (bicyclic) bond motifs is 1. The molecular weight excluding hydrogens is 705 g/mol. The fraction of sp³-hybridized carbons (Fsp3) is 0.250. The molecule has 3 N–H and O–H groups in total. The molecule has 15 heteroatoms. The molecule has 11 nitrogen and oxygen atoms in total. The number of carbonyl (C=O) groups excluding carboxylic acids is 2. The van der Waals surface area contributed by atoms with Crippen LogP contribution in [0.15, 0.2) is 77.9 Å². The van der Waals surface area contributed by atoms with Crippen molar-refractivity contribution in [3.05, 3.63) is 105 Å². The molecule has 0 saturated carbocycles. The smallest absolute Gasteiger partial charge is 0.407 e. The minimum Gasteiger partial charge on any atom is -0.481 e.